The molecule has 0 unspecified atom stereocenters. The molecule has 6 heteroatoms. The second kappa shape index (κ2) is 7.09. The second-order valence-electron chi connectivity index (χ2n) is 5.42. The highest BCUT2D eigenvalue weighted by atomic mass is 16.5. The van der Waals surface area contributed by atoms with Gasteiger partial charge < -0.3 is 13.9 Å². The number of amides is 1. The molecule has 0 spiro atoms. The van der Waals surface area contributed by atoms with Gasteiger partial charge in [0.1, 0.15) is 5.75 Å². The van der Waals surface area contributed by atoms with Crippen LogP contribution in [0.25, 0.3) is 11.0 Å². The number of nitrogens with one attached hydrogen (secondary N) is 1. The van der Waals surface area contributed by atoms with Crippen LogP contribution in [-0.4, -0.2) is 26.3 Å². The summed E-state index contributed by atoms with van der Waals surface area (Å²) >= 11 is 0. The molecule has 0 bridgehead atoms. The first-order chi connectivity index (χ1) is 12.1. The van der Waals surface area contributed by atoms with Gasteiger partial charge >= 0.3 is 5.91 Å². The number of hydrazone groups is 1. The van der Waals surface area contributed by atoms with Crippen LogP contribution in [0.15, 0.2) is 52.0 Å². The second-order valence-corrected chi connectivity index (χ2v) is 5.42. The number of aryl methyl sites for hydroxylation is 1. The zero-order valence-electron chi connectivity index (χ0n) is 14.2. The molecule has 3 aromatic rings. The fraction of sp³-hybridized carbons (Fsp3) is 0.158. The Balaban J connectivity index is 1.74. The number of carbonyl (C=O) groups is 1. The molecule has 1 amide bonds. The summed E-state index contributed by atoms with van der Waals surface area (Å²) in [4.78, 5) is 12.2. The van der Waals surface area contributed by atoms with Crippen molar-refractivity contribution in [3.05, 3.63) is 59.4 Å². The average Bonchev–Trinajstić information content (AvgIpc) is 3.07. The van der Waals surface area contributed by atoms with Gasteiger partial charge in [-0.15, -0.1) is 0 Å². The Hall–Kier alpha value is -3.28. The van der Waals surface area contributed by atoms with Crippen molar-refractivity contribution in [2.45, 2.75) is 6.92 Å². The molecule has 3 rings (SSSR count). The number of hydrogen-bond donors (Lipinski definition) is 1. The number of nitrogens with zero attached hydrogens (tertiary/aromatic N) is 1. The number of furan rings is 1. The van der Waals surface area contributed by atoms with E-state index in [-0.39, 0.29) is 5.76 Å². The van der Waals surface area contributed by atoms with Crippen LogP contribution < -0.4 is 14.9 Å². The lowest BCUT2D eigenvalue weighted by Gasteiger charge is -2.04. The average molecular weight is 338 g/mol. The maximum Gasteiger partial charge on any atom is 0.307 e. The first-order valence-electron chi connectivity index (χ1n) is 7.67. The molecule has 128 valence electrons. The molecule has 25 heavy (non-hydrogen) atoms. The van der Waals surface area contributed by atoms with Gasteiger partial charge in [-0.3, -0.25) is 4.79 Å². The van der Waals surface area contributed by atoms with Gasteiger partial charge in [0.25, 0.3) is 0 Å². The summed E-state index contributed by atoms with van der Waals surface area (Å²) in [7, 11) is 3.16. The number of para-hydroxylation sites is 1. The van der Waals surface area contributed by atoms with E-state index in [1.807, 2.05) is 37.3 Å². The van der Waals surface area contributed by atoms with E-state index in [1.54, 1.807) is 32.6 Å². The highest BCUT2D eigenvalue weighted by molar-refractivity contribution is 5.97. The van der Waals surface area contributed by atoms with E-state index in [2.05, 4.69) is 10.5 Å². The van der Waals surface area contributed by atoms with E-state index in [0.717, 1.165) is 22.3 Å². The number of fused-ring (bicyclic) bond motifs is 1. The summed E-state index contributed by atoms with van der Waals surface area (Å²) in [6.45, 7) is 1.96. The third-order valence-electron chi connectivity index (χ3n) is 3.76. The molecular formula is C19H18N2O4. The summed E-state index contributed by atoms with van der Waals surface area (Å²) < 4.78 is 16.1. The molecule has 0 aliphatic carbocycles. The highest BCUT2D eigenvalue weighted by Gasteiger charge is 2.14. The standard InChI is InChI=1S/C19H18N2O4/c1-12-7-8-13(9-16(12)24-3)11-20-21-19(22)17-10-14-5-4-6-15(23-2)18(14)25-17/h4-11H,1-3H3,(H,21,22)/b20-11-. The van der Waals surface area contributed by atoms with Crippen molar-refractivity contribution in [3.63, 3.8) is 0 Å². The smallest absolute Gasteiger partial charge is 0.307 e. The van der Waals surface area contributed by atoms with Crippen LogP contribution in [0, 0.1) is 6.92 Å². The number of hydrogen-bond acceptors (Lipinski definition) is 5. The Morgan fingerprint density at radius 2 is 1.92 bits per heavy atom. The van der Waals surface area contributed by atoms with Crippen LogP contribution in [0.5, 0.6) is 11.5 Å². The minimum absolute atomic E-state index is 0.165. The summed E-state index contributed by atoms with van der Waals surface area (Å²) in [5.74, 6) is 1.07. The Labute approximate surface area is 145 Å². The largest absolute Gasteiger partial charge is 0.496 e. The predicted molar refractivity (Wildman–Crippen MR) is 95.6 cm³/mol. The van der Waals surface area contributed by atoms with Crippen LogP contribution in [0.4, 0.5) is 0 Å². The van der Waals surface area contributed by atoms with Crippen LogP contribution >= 0.6 is 0 Å². The van der Waals surface area contributed by atoms with Crippen molar-refractivity contribution in [2.24, 2.45) is 5.10 Å². The molecule has 0 aliphatic heterocycles. The normalized spacial score (nSPS) is 11.0. The highest BCUT2D eigenvalue weighted by Crippen LogP contribution is 2.28. The van der Waals surface area contributed by atoms with Crippen molar-refractivity contribution < 1.29 is 18.7 Å². The van der Waals surface area contributed by atoms with E-state index in [1.165, 1.54) is 0 Å². The predicted octanol–water partition coefficient (Wildman–Crippen LogP) is 3.52. The maximum atomic E-state index is 12.2. The van der Waals surface area contributed by atoms with Crippen molar-refractivity contribution in [3.8, 4) is 11.5 Å². The van der Waals surface area contributed by atoms with Gasteiger partial charge in [-0.2, -0.15) is 5.10 Å². The SMILES string of the molecule is COc1cc(/C=N\NC(=O)c2cc3cccc(OC)c3o2)ccc1C. The fourth-order valence-electron chi connectivity index (χ4n) is 2.45. The number of ether oxygens (including phenoxy) is 2. The summed E-state index contributed by atoms with van der Waals surface area (Å²) in [6, 6.07) is 12.8. The van der Waals surface area contributed by atoms with Crippen molar-refractivity contribution >= 4 is 23.1 Å². The fourth-order valence-corrected chi connectivity index (χ4v) is 2.45. The van der Waals surface area contributed by atoms with Crippen LogP contribution in [-0.2, 0) is 0 Å². The summed E-state index contributed by atoms with van der Waals surface area (Å²) in [6.07, 6.45) is 1.54. The molecule has 0 radical (unpaired) electrons. The van der Waals surface area contributed by atoms with Crippen molar-refractivity contribution in [1.82, 2.24) is 5.43 Å². The molecule has 1 heterocycles. The zero-order chi connectivity index (χ0) is 17.8. The summed E-state index contributed by atoms with van der Waals surface area (Å²) in [5, 5.41) is 4.75. The van der Waals surface area contributed by atoms with Crippen LogP contribution in [0.3, 0.4) is 0 Å². The Bertz CT molecular complexity index is 944. The molecule has 1 N–H and O–H groups in total. The molecule has 0 aliphatic rings. The first-order valence-corrected chi connectivity index (χ1v) is 7.67. The van der Waals surface area contributed by atoms with Crippen LogP contribution in [0.2, 0.25) is 0 Å². The molecule has 1 aromatic heterocycles. The lowest BCUT2D eigenvalue weighted by Crippen LogP contribution is -2.16. The molecule has 6 nitrogen and oxygen atoms in total. The molecule has 0 fully saturated rings. The monoisotopic (exact) mass is 338 g/mol. The third-order valence-corrected chi connectivity index (χ3v) is 3.76. The zero-order valence-corrected chi connectivity index (χ0v) is 14.2. The lowest BCUT2D eigenvalue weighted by atomic mass is 10.1. The third kappa shape index (κ3) is 3.47. The lowest BCUT2D eigenvalue weighted by molar-refractivity contribution is 0.0929. The molecule has 0 saturated carbocycles. The molecule has 2 aromatic carbocycles. The van der Waals surface area contributed by atoms with Gasteiger partial charge in [0.05, 0.1) is 20.4 Å². The van der Waals surface area contributed by atoms with E-state index in [4.69, 9.17) is 13.9 Å². The minimum atomic E-state index is -0.437. The van der Waals surface area contributed by atoms with Gasteiger partial charge in [0.2, 0.25) is 0 Å². The number of benzene rings is 2. The number of rotatable bonds is 5. The summed E-state index contributed by atoms with van der Waals surface area (Å²) in [5.41, 5.74) is 4.82. The molecule has 0 saturated heterocycles. The van der Waals surface area contributed by atoms with E-state index >= 15 is 0 Å². The van der Waals surface area contributed by atoms with Crippen molar-refractivity contribution in [2.75, 3.05) is 14.2 Å². The van der Waals surface area contributed by atoms with Gasteiger partial charge in [0.15, 0.2) is 17.1 Å². The van der Waals surface area contributed by atoms with Crippen molar-refractivity contribution in [1.29, 1.82) is 0 Å². The molecule has 0 atom stereocenters. The van der Waals surface area contributed by atoms with E-state index in [9.17, 15) is 4.79 Å². The Morgan fingerprint density at radius 3 is 2.68 bits per heavy atom. The van der Waals surface area contributed by atoms with Crippen LogP contribution in [0.1, 0.15) is 21.7 Å². The van der Waals surface area contributed by atoms with Gasteiger partial charge in [-0.05, 0) is 36.2 Å². The van der Waals surface area contributed by atoms with Gasteiger partial charge in [0, 0.05) is 5.39 Å². The number of methoxy groups -OCH3 is 2. The Morgan fingerprint density at radius 1 is 1.12 bits per heavy atom. The van der Waals surface area contributed by atoms with Gasteiger partial charge in [-0.25, -0.2) is 5.43 Å². The Kier molecular flexibility index (Phi) is 4.70. The molecular weight excluding hydrogens is 320 g/mol. The van der Waals surface area contributed by atoms with Gasteiger partial charge in [-0.1, -0.05) is 24.3 Å². The first kappa shape index (κ1) is 16.6. The quantitative estimate of drug-likeness (QED) is 0.571. The number of carbonyl (C=O) groups excluding carboxylic acids is 1. The van der Waals surface area contributed by atoms with E-state index in [0.29, 0.717) is 11.3 Å². The topological polar surface area (TPSA) is 73.1 Å². The maximum absolute atomic E-state index is 12.2. The minimum Gasteiger partial charge on any atom is -0.496 e. The van der Waals surface area contributed by atoms with E-state index < -0.39 is 5.91 Å².